The van der Waals surface area contributed by atoms with Crippen molar-refractivity contribution >= 4 is 16.7 Å². The molecule has 100 valence electrons. The largest absolute Gasteiger partial charge is 0.295 e. The molecule has 1 N–H and O–H groups in total. The van der Waals surface area contributed by atoms with E-state index in [0.717, 1.165) is 4.68 Å². The van der Waals surface area contributed by atoms with Crippen LogP contribution in [0.1, 0.15) is 5.56 Å². The van der Waals surface area contributed by atoms with Crippen LogP contribution in [0, 0.1) is 10.1 Å². The lowest BCUT2D eigenvalue weighted by molar-refractivity contribution is -0.384. The first kappa shape index (κ1) is 12.0. The molecule has 0 saturated carbocycles. The molecule has 2 aromatic heterocycles. The Morgan fingerprint density at radius 1 is 1.40 bits per heavy atom. The Morgan fingerprint density at radius 2 is 2.25 bits per heavy atom. The van der Waals surface area contributed by atoms with E-state index in [1.807, 2.05) is 0 Å². The Morgan fingerprint density at radius 3 is 3.05 bits per heavy atom. The highest BCUT2D eigenvalue weighted by Crippen LogP contribution is 2.13. The van der Waals surface area contributed by atoms with Gasteiger partial charge in [0.2, 0.25) is 0 Å². The number of aromatic amines is 1. The van der Waals surface area contributed by atoms with Crippen LogP contribution in [0.25, 0.3) is 11.0 Å². The molecule has 3 aromatic rings. The highest BCUT2D eigenvalue weighted by molar-refractivity contribution is 5.70. The van der Waals surface area contributed by atoms with Crippen molar-refractivity contribution < 1.29 is 4.92 Å². The zero-order valence-corrected chi connectivity index (χ0v) is 10.1. The number of fused-ring (bicyclic) bond motifs is 1. The van der Waals surface area contributed by atoms with Crippen molar-refractivity contribution in [1.29, 1.82) is 0 Å². The molecule has 0 aliphatic heterocycles. The topological polar surface area (TPSA) is 120 Å². The SMILES string of the molecule is O=c1c2[nH]ncc2nnn1Cc1cccc([N+](=O)[O-])c1. The lowest BCUT2D eigenvalue weighted by atomic mass is 10.2. The van der Waals surface area contributed by atoms with E-state index in [1.54, 1.807) is 12.1 Å². The Hall–Kier alpha value is -3.10. The molecule has 9 nitrogen and oxygen atoms in total. The van der Waals surface area contributed by atoms with E-state index in [2.05, 4.69) is 20.5 Å². The first-order chi connectivity index (χ1) is 9.65. The number of nitrogens with one attached hydrogen (secondary N) is 1. The Labute approximate surface area is 111 Å². The molecule has 0 fully saturated rings. The monoisotopic (exact) mass is 272 g/mol. The number of aromatic nitrogens is 5. The van der Waals surface area contributed by atoms with Gasteiger partial charge in [0.25, 0.3) is 11.2 Å². The molecule has 0 atom stereocenters. The summed E-state index contributed by atoms with van der Waals surface area (Å²) in [7, 11) is 0. The molecule has 0 aliphatic rings. The first-order valence-electron chi connectivity index (χ1n) is 5.65. The minimum absolute atomic E-state index is 0.0360. The van der Waals surface area contributed by atoms with Crippen LogP contribution in [-0.4, -0.2) is 30.1 Å². The van der Waals surface area contributed by atoms with Gasteiger partial charge in [-0.3, -0.25) is 20.0 Å². The maximum atomic E-state index is 12.1. The predicted octanol–water partition coefficient (Wildman–Crippen LogP) is 0.471. The molecule has 0 radical (unpaired) electrons. The molecule has 0 spiro atoms. The number of nitro benzene ring substituents is 1. The van der Waals surface area contributed by atoms with E-state index in [0.29, 0.717) is 11.1 Å². The molecule has 20 heavy (non-hydrogen) atoms. The zero-order chi connectivity index (χ0) is 14.1. The number of H-pyrrole nitrogens is 1. The van der Waals surface area contributed by atoms with Gasteiger partial charge < -0.3 is 0 Å². The zero-order valence-electron chi connectivity index (χ0n) is 10.1. The van der Waals surface area contributed by atoms with E-state index in [4.69, 9.17) is 0 Å². The van der Waals surface area contributed by atoms with Crippen molar-refractivity contribution in [2.75, 3.05) is 0 Å². The van der Waals surface area contributed by atoms with Gasteiger partial charge in [0, 0.05) is 12.1 Å². The average molecular weight is 272 g/mol. The summed E-state index contributed by atoms with van der Waals surface area (Å²) in [5, 5.41) is 24.6. The minimum Gasteiger partial charge on any atom is -0.271 e. The second kappa shape index (κ2) is 4.53. The van der Waals surface area contributed by atoms with Crippen molar-refractivity contribution in [2.24, 2.45) is 0 Å². The van der Waals surface area contributed by atoms with Crippen molar-refractivity contribution in [3.05, 3.63) is 56.5 Å². The summed E-state index contributed by atoms with van der Waals surface area (Å²) < 4.78 is 1.12. The van der Waals surface area contributed by atoms with Crippen molar-refractivity contribution in [3.8, 4) is 0 Å². The number of hydrogen-bond donors (Lipinski definition) is 1. The number of benzene rings is 1. The van der Waals surface area contributed by atoms with Crippen LogP contribution in [0.3, 0.4) is 0 Å². The average Bonchev–Trinajstić information content (AvgIpc) is 2.91. The summed E-state index contributed by atoms with van der Waals surface area (Å²) in [6.07, 6.45) is 1.40. The van der Waals surface area contributed by atoms with Gasteiger partial charge in [-0.2, -0.15) is 5.10 Å². The highest BCUT2D eigenvalue weighted by atomic mass is 16.6. The highest BCUT2D eigenvalue weighted by Gasteiger charge is 2.10. The third-order valence-electron chi connectivity index (χ3n) is 2.78. The number of hydrogen-bond acceptors (Lipinski definition) is 6. The van der Waals surface area contributed by atoms with Gasteiger partial charge in [0.05, 0.1) is 17.7 Å². The summed E-state index contributed by atoms with van der Waals surface area (Å²) in [4.78, 5) is 22.3. The minimum atomic E-state index is -0.490. The Kier molecular flexibility index (Phi) is 2.71. The second-order valence-corrected chi connectivity index (χ2v) is 4.11. The fourth-order valence-electron chi connectivity index (χ4n) is 1.83. The van der Waals surface area contributed by atoms with Crippen molar-refractivity contribution in [2.45, 2.75) is 6.54 Å². The van der Waals surface area contributed by atoms with Crippen molar-refractivity contribution in [1.82, 2.24) is 25.2 Å². The van der Waals surface area contributed by atoms with Crippen LogP contribution in [0.2, 0.25) is 0 Å². The summed E-state index contributed by atoms with van der Waals surface area (Å²) in [5.74, 6) is 0. The number of rotatable bonds is 3. The standard InChI is InChI=1S/C11H8N6O3/c18-11-10-9(5-12-14-10)13-15-16(11)6-7-2-1-3-8(4-7)17(19)20/h1-5H,6H2,(H,12,14). The molecule has 0 saturated heterocycles. The Bertz CT molecular complexity index is 852. The van der Waals surface area contributed by atoms with Gasteiger partial charge >= 0.3 is 0 Å². The maximum absolute atomic E-state index is 12.1. The van der Waals surface area contributed by atoms with Crippen molar-refractivity contribution in [3.63, 3.8) is 0 Å². The van der Waals surface area contributed by atoms with Crippen LogP contribution < -0.4 is 5.56 Å². The maximum Gasteiger partial charge on any atom is 0.295 e. The molecule has 1 aromatic carbocycles. The molecular formula is C11H8N6O3. The van der Waals surface area contributed by atoms with Gasteiger partial charge in [-0.15, -0.1) is 5.10 Å². The number of nitrogens with zero attached hydrogens (tertiary/aromatic N) is 5. The van der Waals surface area contributed by atoms with E-state index >= 15 is 0 Å². The van der Waals surface area contributed by atoms with E-state index in [1.165, 1.54) is 18.3 Å². The first-order valence-corrected chi connectivity index (χ1v) is 5.65. The smallest absolute Gasteiger partial charge is 0.271 e. The molecule has 9 heteroatoms. The summed E-state index contributed by atoms with van der Waals surface area (Å²) >= 11 is 0. The predicted molar refractivity (Wildman–Crippen MR) is 68.1 cm³/mol. The fourth-order valence-corrected chi connectivity index (χ4v) is 1.83. The molecule has 2 heterocycles. The molecule has 0 aliphatic carbocycles. The summed E-state index contributed by atoms with van der Waals surface area (Å²) in [6, 6.07) is 6.01. The summed E-state index contributed by atoms with van der Waals surface area (Å²) in [6.45, 7) is 0.0997. The molecule has 0 amide bonds. The molecular weight excluding hydrogens is 264 g/mol. The van der Waals surface area contributed by atoms with E-state index in [9.17, 15) is 14.9 Å². The molecule has 0 unspecified atom stereocenters. The van der Waals surface area contributed by atoms with Crippen LogP contribution in [0.15, 0.2) is 35.3 Å². The van der Waals surface area contributed by atoms with Crippen LogP contribution >= 0.6 is 0 Å². The number of nitro groups is 1. The van der Waals surface area contributed by atoms with Gasteiger partial charge in [-0.25, -0.2) is 4.68 Å². The fraction of sp³-hybridized carbons (Fsp3) is 0.0909. The summed E-state index contributed by atoms with van der Waals surface area (Å²) in [5.41, 5.74) is 0.815. The third-order valence-corrected chi connectivity index (χ3v) is 2.78. The van der Waals surface area contributed by atoms with Gasteiger partial charge in [0.15, 0.2) is 5.52 Å². The number of non-ortho nitro benzene ring substituents is 1. The van der Waals surface area contributed by atoms with Gasteiger partial charge in [0.1, 0.15) is 5.52 Å². The molecule has 3 rings (SSSR count). The lowest BCUT2D eigenvalue weighted by Gasteiger charge is -2.03. The van der Waals surface area contributed by atoms with Crippen LogP contribution in [0.4, 0.5) is 5.69 Å². The van der Waals surface area contributed by atoms with Gasteiger partial charge in [-0.1, -0.05) is 17.3 Å². The quantitative estimate of drug-likeness (QED) is 0.546. The normalized spacial score (nSPS) is 10.8. The lowest BCUT2D eigenvalue weighted by Crippen LogP contribution is -2.24. The van der Waals surface area contributed by atoms with Gasteiger partial charge in [-0.05, 0) is 5.56 Å². The van der Waals surface area contributed by atoms with Crippen LogP contribution in [-0.2, 0) is 6.54 Å². The van der Waals surface area contributed by atoms with E-state index < -0.39 is 4.92 Å². The third kappa shape index (κ3) is 2.00. The van der Waals surface area contributed by atoms with Crippen LogP contribution in [0.5, 0.6) is 0 Å². The Balaban J connectivity index is 2.01. The second-order valence-electron chi connectivity index (χ2n) is 4.11. The molecule has 0 bridgehead atoms. The van der Waals surface area contributed by atoms with E-state index in [-0.39, 0.29) is 23.3 Å².